The maximum Gasteiger partial charge on any atom is 0.141 e. The fraction of sp³-hybridized carbons (Fsp3) is 0.176. The van der Waals surface area contributed by atoms with Gasteiger partial charge in [0.15, 0.2) is 0 Å². The number of rotatable bonds is 3. The number of halogens is 2. The Kier molecular flexibility index (Phi) is 5.21. The van der Waals surface area contributed by atoms with E-state index in [1.54, 1.807) is 6.07 Å². The van der Waals surface area contributed by atoms with Crippen LogP contribution in [0.3, 0.4) is 0 Å². The third-order valence-corrected chi connectivity index (χ3v) is 3.11. The highest BCUT2D eigenvalue weighted by atomic mass is 35.5. The summed E-state index contributed by atoms with van der Waals surface area (Å²) in [6.07, 6.45) is 0. The molecule has 0 saturated heterocycles. The molecule has 2 aromatic carbocycles. The quantitative estimate of drug-likeness (QED) is 0.876. The zero-order chi connectivity index (χ0) is 15.2. The van der Waals surface area contributed by atoms with Crippen molar-refractivity contribution in [2.75, 3.05) is 6.61 Å². The van der Waals surface area contributed by atoms with Crippen LogP contribution in [0, 0.1) is 24.6 Å². The van der Waals surface area contributed by atoms with E-state index < -0.39 is 5.82 Å². The second-order valence-corrected chi connectivity index (χ2v) is 4.90. The molecule has 2 rings (SSSR count). The van der Waals surface area contributed by atoms with E-state index in [1.807, 2.05) is 25.1 Å². The van der Waals surface area contributed by atoms with E-state index in [0.717, 1.165) is 11.1 Å². The van der Waals surface area contributed by atoms with Crippen LogP contribution in [-0.2, 0) is 6.61 Å². The van der Waals surface area contributed by atoms with Crippen LogP contribution >= 0.6 is 11.6 Å². The SMILES string of the molecule is Cc1ccc(OCc2ccc(F)c(Cl)c2)c(C#CCO)c1. The van der Waals surface area contributed by atoms with Crippen LogP contribution in [0.4, 0.5) is 4.39 Å². The minimum absolute atomic E-state index is 0.0697. The minimum Gasteiger partial charge on any atom is -0.488 e. The van der Waals surface area contributed by atoms with Crippen LogP contribution in [0.1, 0.15) is 16.7 Å². The summed E-state index contributed by atoms with van der Waals surface area (Å²) in [4.78, 5) is 0. The molecule has 21 heavy (non-hydrogen) atoms. The van der Waals surface area contributed by atoms with Crippen molar-refractivity contribution in [3.63, 3.8) is 0 Å². The average molecular weight is 305 g/mol. The van der Waals surface area contributed by atoms with E-state index in [1.165, 1.54) is 12.1 Å². The predicted molar refractivity (Wildman–Crippen MR) is 80.9 cm³/mol. The van der Waals surface area contributed by atoms with Gasteiger partial charge >= 0.3 is 0 Å². The molecule has 4 heteroatoms. The molecular formula is C17H14ClFO2. The zero-order valence-electron chi connectivity index (χ0n) is 11.5. The second kappa shape index (κ2) is 7.12. The van der Waals surface area contributed by atoms with Gasteiger partial charge < -0.3 is 9.84 Å². The van der Waals surface area contributed by atoms with Crippen molar-refractivity contribution in [2.45, 2.75) is 13.5 Å². The van der Waals surface area contributed by atoms with Gasteiger partial charge in [0.2, 0.25) is 0 Å². The van der Waals surface area contributed by atoms with Gasteiger partial charge in [-0.25, -0.2) is 4.39 Å². The summed E-state index contributed by atoms with van der Waals surface area (Å²) < 4.78 is 18.8. The van der Waals surface area contributed by atoms with Crippen molar-refractivity contribution in [2.24, 2.45) is 0 Å². The number of aliphatic hydroxyl groups excluding tert-OH is 1. The molecule has 0 saturated carbocycles. The molecule has 0 aromatic heterocycles. The van der Waals surface area contributed by atoms with Crippen LogP contribution in [0.15, 0.2) is 36.4 Å². The zero-order valence-corrected chi connectivity index (χ0v) is 12.2. The maximum absolute atomic E-state index is 13.1. The van der Waals surface area contributed by atoms with Gasteiger partial charge in [-0.1, -0.05) is 35.6 Å². The molecule has 0 spiro atoms. The van der Waals surface area contributed by atoms with Gasteiger partial charge in [0.25, 0.3) is 0 Å². The predicted octanol–water partition coefficient (Wildman–Crippen LogP) is 3.71. The van der Waals surface area contributed by atoms with Gasteiger partial charge in [-0.15, -0.1) is 0 Å². The summed E-state index contributed by atoms with van der Waals surface area (Å²) in [5, 5.41) is 8.86. The lowest BCUT2D eigenvalue weighted by Crippen LogP contribution is -1.98. The van der Waals surface area contributed by atoms with Crippen molar-refractivity contribution in [3.8, 4) is 17.6 Å². The van der Waals surface area contributed by atoms with E-state index in [0.29, 0.717) is 11.3 Å². The molecule has 0 aliphatic heterocycles. The van der Waals surface area contributed by atoms with Crippen LogP contribution in [-0.4, -0.2) is 11.7 Å². The lowest BCUT2D eigenvalue weighted by atomic mass is 10.1. The fourth-order valence-electron chi connectivity index (χ4n) is 1.79. The van der Waals surface area contributed by atoms with Crippen LogP contribution in [0.25, 0.3) is 0 Å². The smallest absolute Gasteiger partial charge is 0.141 e. The first-order chi connectivity index (χ1) is 10.1. The molecule has 0 bridgehead atoms. The van der Waals surface area contributed by atoms with E-state index in [4.69, 9.17) is 21.4 Å². The fourth-order valence-corrected chi connectivity index (χ4v) is 2.00. The molecular weight excluding hydrogens is 291 g/mol. The molecule has 0 radical (unpaired) electrons. The third kappa shape index (κ3) is 4.22. The lowest BCUT2D eigenvalue weighted by molar-refractivity contribution is 0.305. The Hall–Kier alpha value is -2.02. The van der Waals surface area contributed by atoms with Crippen molar-refractivity contribution >= 4 is 11.6 Å². The van der Waals surface area contributed by atoms with Gasteiger partial charge in [0, 0.05) is 0 Å². The monoisotopic (exact) mass is 304 g/mol. The molecule has 0 heterocycles. The van der Waals surface area contributed by atoms with Gasteiger partial charge in [0.1, 0.15) is 24.8 Å². The first kappa shape index (κ1) is 15.4. The molecule has 0 aliphatic rings. The number of ether oxygens (including phenoxy) is 1. The highest BCUT2D eigenvalue weighted by molar-refractivity contribution is 6.30. The van der Waals surface area contributed by atoms with Gasteiger partial charge in [-0.3, -0.25) is 0 Å². The molecule has 2 nitrogen and oxygen atoms in total. The number of hydrogen-bond donors (Lipinski definition) is 1. The summed E-state index contributed by atoms with van der Waals surface area (Å²) in [6, 6.07) is 10.1. The van der Waals surface area contributed by atoms with Crippen molar-refractivity contribution < 1.29 is 14.2 Å². The van der Waals surface area contributed by atoms with Crippen molar-refractivity contribution in [1.29, 1.82) is 0 Å². The van der Waals surface area contributed by atoms with Crippen LogP contribution in [0.5, 0.6) is 5.75 Å². The Morgan fingerprint density at radius 3 is 2.76 bits per heavy atom. The molecule has 0 fully saturated rings. The Morgan fingerprint density at radius 1 is 1.24 bits per heavy atom. The minimum atomic E-state index is -0.453. The largest absolute Gasteiger partial charge is 0.488 e. The Balaban J connectivity index is 2.17. The number of aliphatic hydroxyl groups is 1. The highest BCUT2D eigenvalue weighted by Crippen LogP contribution is 2.22. The second-order valence-electron chi connectivity index (χ2n) is 4.50. The Labute approximate surface area is 128 Å². The summed E-state index contributed by atoms with van der Waals surface area (Å²) in [6.45, 7) is 2.01. The molecule has 108 valence electrons. The maximum atomic E-state index is 13.1. The first-order valence-electron chi connectivity index (χ1n) is 6.37. The number of aryl methyl sites for hydroxylation is 1. The van der Waals surface area contributed by atoms with Gasteiger partial charge in [-0.2, -0.15) is 0 Å². The van der Waals surface area contributed by atoms with E-state index >= 15 is 0 Å². The summed E-state index contributed by atoms with van der Waals surface area (Å²) in [5.41, 5.74) is 2.52. The summed E-state index contributed by atoms with van der Waals surface area (Å²) >= 11 is 5.74. The van der Waals surface area contributed by atoms with Crippen molar-refractivity contribution in [1.82, 2.24) is 0 Å². The topological polar surface area (TPSA) is 29.5 Å². The average Bonchev–Trinajstić information content (AvgIpc) is 2.47. The highest BCUT2D eigenvalue weighted by Gasteiger charge is 2.05. The van der Waals surface area contributed by atoms with E-state index in [-0.39, 0.29) is 18.2 Å². The van der Waals surface area contributed by atoms with E-state index in [2.05, 4.69) is 11.8 Å². The van der Waals surface area contributed by atoms with Gasteiger partial charge in [-0.05, 0) is 42.3 Å². The normalized spacial score (nSPS) is 9.90. The summed E-state index contributed by atoms with van der Waals surface area (Å²) in [5.74, 6) is 5.61. The Bertz CT molecular complexity index is 702. The standard InChI is InChI=1S/C17H14ClFO2/c1-12-4-7-17(14(9-12)3-2-8-20)21-11-13-5-6-16(19)15(18)10-13/h4-7,9-10,20H,8,11H2,1H3. The summed E-state index contributed by atoms with van der Waals surface area (Å²) in [7, 11) is 0. The van der Waals surface area contributed by atoms with E-state index in [9.17, 15) is 4.39 Å². The van der Waals surface area contributed by atoms with Crippen LogP contribution in [0.2, 0.25) is 5.02 Å². The lowest BCUT2D eigenvalue weighted by Gasteiger charge is -2.09. The molecule has 0 amide bonds. The molecule has 0 aliphatic carbocycles. The number of hydrogen-bond acceptors (Lipinski definition) is 2. The molecule has 0 unspecified atom stereocenters. The molecule has 0 atom stereocenters. The molecule has 1 N–H and O–H groups in total. The molecule has 2 aromatic rings. The third-order valence-electron chi connectivity index (χ3n) is 2.82. The van der Waals surface area contributed by atoms with Gasteiger partial charge in [0.05, 0.1) is 10.6 Å². The van der Waals surface area contributed by atoms with Crippen molar-refractivity contribution in [3.05, 3.63) is 63.9 Å². The Morgan fingerprint density at radius 2 is 2.05 bits per heavy atom. The first-order valence-corrected chi connectivity index (χ1v) is 6.75. The van der Waals surface area contributed by atoms with Crippen LogP contribution < -0.4 is 4.74 Å². The number of benzene rings is 2.